The summed E-state index contributed by atoms with van der Waals surface area (Å²) in [5.74, 6) is -0.0794. The fourth-order valence-corrected chi connectivity index (χ4v) is 7.06. The Morgan fingerprint density at radius 3 is 2.47 bits per heavy atom. The maximum absolute atomic E-state index is 13.2. The predicted molar refractivity (Wildman–Crippen MR) is 129 cm³/mol. The number of thiophene rings is 1. The Hall–Kier alpha value is -2.59. The highest BCUT2D eigenvalue weighted by Crippen LogP contribution is 2.30. The molecule has 1 amide bonds. The second-order valence-electron chi connectivity index (χ2n) is 7.65. The summed E-state index contributed by atoms with van der Waals surface area (Å²) >= 11 is 2.99. The van der Waals surface area contributed by atoms with Crippen LogP contribution in [0.25, 0.3) is 21.3 Å². The van der Waals surface area contributed by atoms with Gasteiger partial charge in [-0.05, 0) is 41.3 Å². The third kappa shape index (κ3) is 3.86. The van der Waals surface area contributed by atoms with E-state index in [1.54, 1.807) is 28.4 Å². The number of hydrogen-bond acceptors (Lipinski definition) is 6. The highest BCUT2D eigenvalue weighted by molar-refractivity contribution is 7.89. The third-order valence-corrected chi connectivity index (χ3v) is 9.42. The zero-order valence-corrected chi connectivity index (χ0v) is 19.8. The van der Waals surface area contributed by atoms with Gasteiger partial charge in [0.1, 0.15) is 9.88 Å². The number of aryl methyl sites for hydroxylation is 1. The summed E-state index contributed by atoms with van der Waals surface area (Å²) in [5, 5.41) is 6.74. The van der Waals surface area contributed by atoms with Crippen LogP contribution in [0.15, 0.2) is 64.2 Å². The van der Waals surface area contributed by atoms with Crippen molar-refractivity contribution in [2.75, 3.05) is 26.2 Å². The summed E-state index contributed by atoms with van der Waals surface area (Å²) < 4.78 is 27.8. The molecule has 0 unspecified atom stereocenters. The molecule has 164 valence electrons. The van der Waals surface area contributed by atoms with Crippen molar-refractivity contribution in [1.29, 1.82) is 0 Å². The van der Waals surface area contributed by atoms with Crippen molar-refractivity contribution in [2.24, 2.45) is 0 Å². The first-order valence-electron chi connectivity index (χ1n) is 10.2. The molecule has 0 radical (unpaired) electrons. The molecule has 1 fully saturated rings. The monoisotopic (exact) mass is 483 g/mol. The fraction of sp³-hybridized carbons (Fsp3) is 0.217. The van der Waals surface area contributed by atoms with Crippen LogP contribution in [0.2, 0.25) is 0 Å². The lowest BCUT2D eigenvalue weighted by Gasteiger charge is -2.33. The second-order valence-corrected chi connectivity index (χ2v) is 11.4. The molecule has 2 aromatic carbocycles. The van der Waals surface area contributed by atoms with E-state index in [-0.39, 0.29) is 23.9 Å². The van der Waals surface area contributed by atoms with Gasteiger partial charge >= 0.3 is 0 Å². The van der Waals surface area contributed by atoms with Crippen LogP contribution < -0.4 is 0 Å². The van der Waals surface area contributed by atoms with E-state index in [0.29, 0.717) is 23.7 Å². The number of amides is 1. The van der Waals surface area contributed by atoms with Crippen LogP contribution in [-0.2, 0) is 10.0 Å². The molecular weight excluding hydrogens is 462 g/mol. The minimum atomic E-state index is -3.61. The standard InChI is InChI=1S/C23H21N3O3S3/c1-16-21(31-22(24-16)19-8-13-30-15-19)23(27)25-9-11-26(12-10-25)32(28,29)20-7-6-17-4-2-3-5-18(17)14-20/h2-8,13-15H,9-12H2,1H3. The first-order valence-corrected chi connectivity index (χ1v) is 13.4. The first kappa shape index (κ1) is 21.3. The SMILES string of the molecule is Cc1nc(-c2ccsc2)sc1C(=O)N1CCN(S(=O)(=O)c2ccc3ccccc3c2)CC1. The van der Waals surface area contributed by atoms with Crippen molar-refractivity contribution in [3.8, 4) is 10.6 Å². The highest BCUT2D eigenvalue weighted by atomic mass is 32.2. The molecule has 0 aliphatic carbocycles. The molecule has 1 aliphatic rings. The van der Waals surface area contributed by atoms with E-state index >= 15 is 0 Å². The van der Waals surface area contributed by atoms with E-state index in [1.807, 2.05) is 54.1 Å². The van der Waals surface area contributed by atoms with Crippen molar-refractivity contribution in [1.82, 2.24) is 14.2 Å². The van der Waals surface area contributed by atoms with Gasteiger partial charge in [0, 0.05) is 37.1 Å². The maximum atomic E-state index is 13.2. The number of sulfonamides is 1. The van der Waals surface area contributed by atoms with E-state index < -0.39 is 10.0 Å². The molecule has 5 rings (SSSR count). The average Bonchev–Trinajstić information content (AvgIpc) is 3.48. The molecule has 0 N–H and O–H groups in total. The fourth-order valence-electron chi connectivity index (χ4n) is 3.86. The normalized spacial score (nSPS) is 15.3. The topological polar surface area (TPSA) is 70.6 Å². The molecule has 32 heavy (non-hydrogen) atoms. The Bertz CT molecular complexity index is 1390. The lowest BCUT2D eigenvalue weighted by atomic mass is 10.1. The summed E-state index contributed by atoms with van der Waals surface area (Å²) in [6, 6.07) is 14.9. The summed E-state index contributed by atoms with van der Waals surface area (Å²) in [4.78, 5) is 20.3. The van der Waals surface area contributed by atoms with E-state index in [2.05, 4.69) is 4.98 Å². The Morgan fingerprint density at radius 1 is 1.00 bits per heavy atom. The first-order chi connectivity index (χ1) is 15.4. The number of fused-ring (bicyclic) bond motifs is 1. The van der Waals surface area contributed by atoms with Crippen molar-refractivity contribution >= 4 is 49.4 Å². The Morgan fingerprint density at radius 2 is 1.75 bits per heavy atom. The molecule has 0 atom stereocenters. The van der Waals surface area contributed by atoms with E-state index in [0.717, 1.165) is 21.3 Å². The van der Waals surface area contributed by atoms with Crippen LogP contribution in [0, 0.1) is 6.92 Å². The van der Waals surface area contributed by atoms with Gasteiger partial charge in [-0.1, -0.05) is 30.3 Å². The molecule has 6 nitrogen and oxygen atoms in total. The predicted octanol–water partition coefficient (Wildman–Crippen LogP) is 4.48. The lowest BCUT2D eigenvalue weighted by Crippen LogP contribution is -2.50. The molecule has 1 aliphatic heterocycles. The number of carbonyl (C=O) groups excluding carboxylic acids is 1. The number of nitrogens with zero attached hydrogens (tertiary/aromatic N) is 3. The molecule has 0 bridgehead atoms. The van der Waals surface area contributed by atoms with Gasteiger partial charge < -0.3 is 4.90 Å². The van der Waals surface area contributed by atoms with Gasteiger partial charge in [0.2, 0.25) is 10.0 Å². The number of aromatic nitrogens is 1. The molecule has 4 aromatic rings. The molecule has 0 saturated carbocycles. The van der Waals surface area contributed by atoms with Crippen LogP contribution in [0.4, 0.5) is 0 Å². The molecular formula is C23H21N3O3S3. The minimum absolute atomic E-state index is 0.0794. The number of hydrogen-bond donors (Lipinski definition) is 0. The summed E-state index contributed by atoms with van der Waals surface area (Å²) in [7, 11) is -3.61. The van der Waals surface area contributed by atoms with E-state index in [9.17, 15) is 13.2 Å². The average molecular weight is 484 g/mol. The van der Waals surface area contributed by atoms with E-state index in [1.165, 1.54) is 15.6 Å². The molecule has 1 saturated heterocycles. The zero-order valence-electron chi connectivity index (χ0n) is 17.4. The number of carbonyl (C=O) groups is 1. The Kier molecular flexibility index (Phi) is 5.58. The zero-order chi connectivity index (χ0) is 22.3. The van der Waals surface area contributed by atoms with Crippen LogP contribution in [0.5, 0.6) is 0 Å². The summed E-state index contributed by atoms with van der Waals surface area (Å²) in [5.41, 5.74) is 1.74. The van der Waals surface area contributed by atoms with Crippen molar-refractivity contribution in [3.05, 3.63) is 69.9 Å². The number of thiazole rings is 1. The molecule has 3 heterocycles. The highest BCUT2D eigenvalue weighted by Gasteiger charge is 2.31. The molecule has 0 spiro atoms. The van der Waals surface area contributed by atoms with E-state index in [4.69, 9.17) is 0 Å². The van der Waals surface area contributed by atoms with Gasteiger partial charge in [0.25, 0.3) is 5.91 Å². The molecule has 9 heteroatoms. The van der Waals surface area contributed by atoms with Gasteiger partial charge in [0.15, 0.2) is 0 Å². The number of piperazine rings is 1. The second kappa shape index (κ2) is 8.40. The third-order valence-electron chi connectivity index (χ3n) is 5.64. The van der Waals surface area contributed by atoms with Crippen LogP contribution >= 0.6 is 22.7 Å². The van der Waals surface area contributed by atoms with Gasteiger partial charge in [-0.2, -0.15) is 15.6 Å². The van der Waals surface area contributed by atoms with Crippen molar-refractivity contribution in [2.45, 2.75) is 11.8 Å². The summed E-state index contributed by atoms with van der Waals surface area (Å²) in [6.07, 6.45) is 0. The van der Waals surface area contributed by atoms with Crippen LogP contribution in [-0.4, -0.2) is 54.7 Å². The van der Waals surface area contributed by atoms with Gasteiger partial charge in [-0.25, -0.2) is 13.4 Å². The van der Waals surface area contributed by atoms with Gasteiger partial charge in [-0.3, -0.25) is 4.79 Å². The van der Waals surface area contributed by atoms with Crippen LogP contribution in [0.3, 0.4) is 0 Å². The molecule has 2 aromatic heterocycles. The quantitative estimate of drug-likeness (QED) is 0.429. The van der Waals surface area contributed by atoms with Gasteiger partial charge in [-0.15, -0.1) is 11.3 Å². The Labute approximate surface area is 194 Å². The maximum Gasteiger partial charge on any atom is 0.265 e. The van der Waals surface area contributed by atoms with Gasteiger partial charge in [0.05, 0.1) is 10.6 Å². The van der Waals surface area contributed by atoms with Crippen LogP contribution in [0.1, 0.15) is 15.4 Å². The smallest absolute Gasteiger partial charge is 0.265 e. The Balaban J connectivity index is 1.30. The minimum Gasteiger partial charge on any atom is -0.335 e. The lowest BCUT2D eigenvalue weighted by molar-refractivity contribution is 0.0702. The van der Waals surface area contributed by atoms with Crippen molar-refractivity contribution < 1.29 is 13.2 Å². The summed E-state index contributed by atoms with van der Waals surface area (Å²) in [6.45, 7) is 3.11. The van der Waals surface area contributed by atoms with Crippen molar-refractivity contribution in [3.63, 3.8) is 0 Å². The number of benzene rings is 2. The largest absolute Gasteiger partial charge is 0.335 e. The number of rotatable bonds is 4.